The summed E-state index contributed by atoms with van der Waals surface area (Å²) < 4.78 is 39.8. The van der Waals surface area contributed by atoms with Crippen LogP contribution in [0, 0.1) is 0 Å². The number of carbonyl (C=O) groups excluding carboxylic acids is 1. The van der Waals surface area contributed by atoms with Gasteiger partial charge in [-0.3, -0.25) is 14.8 Å². The molecule has 0 radical (unpaired) electrons. The zero-order valence-electron chi connectivity index (χ0n) is 18.9. The molecular weight excluding hydrogens is 453 g/mol. The number of alkyl halides is 3. The number of carbonyl (C=O) groups is 1. The molecule has 2 aromatic heterocycles. The highest BCUT2D eigenvalue weighted by atomic mass is 19.4. The van der Waals surface area contributed by atoms with Crippen molar-refractivity contribution in [3.63, 3.8) is 0 Å². The fourth-order valence-electron chi connectivity index (χ4n) is 5.06. The second kappa shape index (κ2) is 8.37. The van der Waals surface area contributed by atoms with Crippen LogP contribution in [-0.4, -0.2) is 15.9 Å². The maximum atomic E-state index is 13.5. The van der Waals surface area contributed by atoms with Crippen LogP contribution in [0.1, 0.15) is 52.0 Å². The second-order valence-electron chi connectivity index (χ2n) is 9.02. The van der Waals surface area contributed by atoms with Crippen molar-refractivity contribution in [3.8, 4) is 0 Å². The molecule has 8 heteroatoms. The second-order valence-corrected chi connectivity index (χ2v) is 9.02. The van der Waals surface area contributed by atoms with E-state index in [1.165, 1.54) is 0 Å². The number of hydrogen-bond donors (Lipinski definition) is 2. The molecule has 0 saturated heterocycles. The predicted molar refractivity (Wildman–Crippen MR) is 128 cm³/mol. The van der Waals surface area contributed by atoms with Crippen molar-refractivity contribution in [2.24, 2.45) is 0 Å². The highest BCUT2D eigenvalue weighted by Gasteiger charge is 2.44. The molecule has 2 atom stereocenters. The lowest BCUT2D eigenvalue weighted by Gasteiger charge is -2.37. The molecule has 4 aromatic rings. The minimum Gasteiger partial charge on any atom is -0.397 e. The number of anilines is 1. The number of aromatic nitrogens is 2. The van der Waals surface area contributed by atoms with Gasteiger partial charge < -0.3 is 11.1 Å². The lowest BCUT2D eigenvalue weighted by molar-refractivity contribution is -0.137. The zero-order valence-corrected chi connectivity index (χ0v) is 18.9. The number of nitrogens with two attached hydrogens (primary N) is 1. The van der Waals surface area contributed by atoms with Crippen molar-refractivity contribution >= 4 is 22.5 Å². The molecule has 1 aliphatic rings. The van der Waals surface area contributed by atoms with Crippen molar-refractivity contribution in [3.05, 3.63) is 101 Å². The SMILES string of the molecule is CC(NC(=O)c1ccc2ncccc2c1)(c1ncc(C(F)(F)F)cc1N)[C@@H]1CCc2ccccc21. The summed E-state index contributed by atoms with van der Waals surface area (Å²) in [6.45, 7) is 1.78. The van der Waals surface area contributed by atoms with E-state index >= 15 is 0 Å². The topological polar surface area (TPSA) is 80.9 Å². The number of nitrogens with zero attached hydrogens (tertiary/aromatic N) is 2. The fourth-order valence-corrected chi connectivity index (χ4v) is 5.06. The molecule has 0 aliphatic heterocycles. The van der Waals surface area contributed by atoms with Crippen LogP contribution in [0.4, 0.5) is 18.9 Å². The largest absolute Gasteiger partial charge is 0.417 e. The average molecular weight is 477 g/mol. The van der Waals surface area contributed by atoms with Gasteiger partial charge in [0, 0.05) is 29.3 Å². The van der Waals surface area contributed by atoms with E-state index in [0.717, 1.165) is 40.7 Å². The maximum absolute atomic E-state index is 13.5. The first-order chi connectivity index (χ1) is 16.7. The Morgan fingerprint density at radius 1 is 1.06 bits per heavy atom. The smallest absolute Gasteiger partial charge is 0.397 e. The van der Waals surface area contributed by atoms with Gasteiger partial charge in [-0.05, 0) is 61.2 Å². The summed E-state index contributed by atoms with van der Waals surface area (Å²) in [5, 5.41) is 3.90. The summed E-state index contributed by atoms with van der Waals surface area (Å²) in [5.74, 6) is -0.597. The van der Waals surface area contributed by atoms with Crippen molar-refractivity contribution in [2.75, 3.05) is 5.73 Å². The number of aryl methyl sites for hydroxylation is 1. The van der Waals surface area contributed by atoms with E-state index in [9.17, 15) is 18.0 Å². The number of amides is 1. The summed E-state index contributed by atoms with van der Waals surface area (Å²) >= 11 is 0. The third-order valence-corrected chi connectivity index (χ3v) is 6.80. The minimum absolute atomic E-state index is 0.116. The molecule has 3 N–H and O–H groups in total. The summed E-state index contributed by atoms with van der Waals surface area (Å²) in [6, 6.07) is 17.6. The Balaban J connectivity index is 1.59. The number of nitrogen functional groups attached to an aromatic ring is 1. The summed E-state index contributed by atoms with van der Waals surface area (Å²) in [7, 11) is 0. The standard InChI is InChI=1S/C27H23F3N4O/c1-26(21-10-8-16-5-2-3-7-20(16)21,24-22(31)14-19(15-33-24)27(28,29)30)34-25(35)18-9-11-23-17(13-18)6-4-12-32-23/h2-7,9,11-15,21H,8,10,31H2,1H3,(H,34,35)/t21-,26?/m1/s1. The Bertz CT molecular complexity index is 1440. The van der Waals surface area contributed by atoms with Gasteiger partial charge in [0.05, 0.1) is 28.0 Å². The maximum Gasteiger partial charge on any atom is 0.417 e. The zero-order chi connectivity index (χ0) is 24.8. The van der Waals surface area contributed by atoms with Crippen molar-refractivity contribution in [1.29, 1.82) is 0 Å². The van der Waals surface area contributed by atoms with Crippen LogP contribution >= 0.6 is 0 Å². The number of nitrogens with one attached hydrogen (secondary N) is 1. The number of pyridine rings is 2. The van der Waals surface area contributed by atoms with Crippen LogP contribution in [-0.2, 0) is 18.1 Å². The van der Waals surface area contributed by atoms with E-state index in [-0.39, 0.29) is 23.2 Å². The van der Waals surface area contributed by atoms with Gasteiger partial charge in [-0.1, -0.05) is 30.3 Å². The Labute approximate surface area is 200 Å². The van der Waals surface area contributed by atoms with Crippen LogP contribution in [0.3, 0.4) is 0 Å². The van der Waals surface area contributed by atoms with E-state index in [4.69, 9.17) is 5.73 Å². The fraction of sp³-hybridized carbons (Fsp3) is 0.222. The van der Waals surface area contributed by atoms with Crippen molar-refractivity contribution in [2.45, 2.75) is 37.4 Å². The van der Waals surface area contributed by atoms with Crippen molar-refractivity contribution in [1.82, 2.24) is 15.3 Å². The lowest BCUT2D eigenvalue weighted by atomic mass is 9.77. The van der Waals surface area contributed by atoms with Gasteiger partial charge >= 0.3 is 6.18 Å². The molecule has 2 heterocycles. The molecule has 1 aliphatic carbocycles. The third kappa shape index (κ3) is 4.09. The molecule has 0 saturated carbocycles. The third-order valence-electron chi connectivity index (χ3n) is 6.80. The predicted octanol–water partition coefficient (Wildman–Crippen LogP) is 5.61. The molecule has 178 valence electrons. The van der Waals surface area contributed by atoms with E-state index < -0.39 is 17.3 Å². The first-order valence-corrected chi connectivity index (χ1v) is 11.2. The van der Waals surface area contributed by atoms with E-state index in [2.05, 4.69) is 15.3 Å². The number of benzene rings is 2. The molecule has 1 amide bonds. The van der Waals surface area contributed by atoms with Gasteiger partial charge in [0.1, 0.15) is 0 Å². The molecule has 0 spiro atoms. The van der Waals surface area contributed by atoms with Crippen molar-refractivity contribution < 1.29 is 18.0 Å². The van der Waals surface area contributed by atoms with E-state index in [0.29, 0.717) is 12.0 Å². The van der Waals surface area contributed by atoms with E-state index in [1.807, 2.05) is 30.3 Å². The number of hydrogen-bond acceptors (Lipinski definition) is 4. The first kappa shape index (κ1) is 22.8. The van der Waals surface area contributed by atoms with Gasteiger partial charge in [-0.2, -0.15) is 13.2 Å². The normalized spacial score (nSPS) is 17.1. The van der Waals surface area contributed by atoms with Crippen LogP contribution in [0.15, 0.2) is 73.1 Å². The summed E-state index contributed by atoms with van der Waals surface area (Å²) in [5.41, 5.74) is 7.50. The molecule has 0 bridgehead atoms. The first-order valence-electron chi connectivity index (χ1n) is 11.2. The summed E-state index contributed by atoms with van der Waals surface area (Å²) in [4.78, 5) is 21.9. The van der Waals surface area contributed by atoms with E-state index in [1.54, 1.807) is 37.4 Å². The van der Waals surface area contributed by atoms with Crippen LogP contribution < -0.4 is 11.1 Å². The Morgan fingerprint density at radius 2 is 1.86 bits per heavy atom. The Morgan fingerprint density at radius 3 is 2.63 bits per heavy atom. The average Bonchev–Trinajstić information content (AvgIpc) is 3.28. The Hall–Kier alpha value is -3.94. The molecule has 0 fully saturated rings. The minimum atomic E-state index is -4.57. The monoisotopic (exact) mass is 476 g/mol. The van der Waals surface area contributed by atoms with Gasteiger partial charge in [0.15, 0.2) is 0 Å². The molecule has 1 unspecified atom stereocenters. The molecular formula is C27H23F3N4O. The van der Waals surface area contributed by atoms with Crippen LogP contribution in [0.25, 0.3) is 10.9 Å². The molecule has 5 nitrogen and oxygen atoms in total. The molecule has 35 heavy (non-hydrogen) atoms. The van der Waals surface area contributed by atoms with Gasteiger partial charge in [0.25, 0.3) is 5.91 Å². The van der Waals surface area contributed by atoms with Gasteiger partial charge in [0.2, 0.25) is 0 Å². The number of fused-ring (bicyclic) bond motifs is 2. The lowest BCUT2D eigenvalue weighted by Crippen LogP contribution is -2.48. The highest BCUT2D eigenvalue weighted by Crippen LogP contribution is 2.47. The van der Waals surface area contributed by atoms with Gasteiger partial charge in [-0.25, -0.2) is 0 Å². The Kier molecular flexibility index (Phi) is 5.46. The quantitative estimate of drug-likeness (QED) is 0.401. The van der Waals surface area contributed by atoms with Crippen LogP contribution in [0.2, 0.25) is 0 Å². The molecule has 2 aromatic carbocycles. The van der Waals surface area contributed by atoms with Gasteiger partial charge in [-0.15, -0.1) is 0 Å². The number of halogens is 3. The highest BCUT2D eigenvalue weighted by molar-refractivity contribution is 5.98. The van der Waals surface area contributed by atoms with Crippen LogP contribution in [0.5, 0.6) is 0 Å². The summed E-state index contributed by atoms with van der Waals surface area (Å²) in [6.07, 6.45) is -0.638. The molecule has 5 rings (SSSR count). The number of rotatable bonds is 4.